The minimum absolute atomic E-state index is 0.0820. The van der Waals surface area contributed by atoms with E-state index < -0.39 is 10.0 Å². The topological polar surface area (TPSA) is 69.4 Å². The Balaban J connectivity index is 2.69. The van der Waals surface area contributed by atoms with Gasteiger partial charge in [-0.25, -0.2) is 13.6 Å². The molecule has 0 spiro atoms. The third kappa shape index (κ3) is 3.73. The Bertz CT molecular complexity index is 422. The minimum Gasteiger partial charge on any atom is -0.493 e. The summed E-state index contributed by atoms with van der Waals surface area (Å²) in [5.41, 5.74) is 0. The average Bonchev–Trinajstić information content (AvgIpc) is 2.18. The quantitative estimate of drug-likeness (QED) is 0.608. The van der Waals surface area contributed by atoms with Crippen LogP contribution in [0.15, 0.2) is 41.8 Å². The lowest BCUT2D eigenvalue weighted by Crippen LogP contribution is -2.11. The van der Waals surface area contributed by atoms with Crippen LogP contribution in [0.3, 0.4) is 0 Å². The average molecular weight is 227 g/mol. The third-order valence-electron chi connectivity index (χ3n) is 1.74. The highest BCUT2D eigenvalue weighted by atomic mass is 32.2. The van der Waals surface area contributed by atoms with Gasteiger partial charge in [0.25, 0.3) is 0 Å². The lowest BCUT2D eigenvalue weighted by Gasteiger charge is -2.04. The first-order chi connectivity index (χ1) is 7.04. The maximum Gasteiger partial charge on any atom is 0.238 e. The molecule has 0 unspecified atom stereocenters. The molecule has 2 N–H and O–H groups in total. The van der Waals surface area contributed by atoms with E-state index in [1.54, 1.807) is 18.2 Å². The molecule has 0 heterocycles. The monoisotopic (exact) mass is 227 g/mol. The molecular weight excluding hydrogens is 214 g/mol. The SMILES string of the molecule is C=CCCOc1ccc(S(N)(=O)=O)cc1. The number of nitrogens with two attached hydrogens (primary N) is 1. The highest BCUT2D eigenvalue weighted by Gasteiger charge is 2.06. The molecule has 0 atom stereocenters. The zero-order chi connectivity index (χ0) is 11.3. The summed E-state index contributed by atoms with van der Waals surface area (Å²) in [6, 6.07) is 5.98. The van der Waals surface area contributed by atoms with Crippen molar-refractivity contribution >= 4 is 10.0 Å². The number of primary sulfonamides is 1. The van der Waals surface area contributed by atoms with Gasteiger partial charge in [0.15, 0.2) is 0 Å². The summed E-state index contributed by atoms with van der Waals surface area (Å²) in [5, 5.41) is 4.95. The first-order valence-electron chi connectivity index (χ1n) is 4.40. The number of sulfonamides is 1. The summed E-state index contributed by atoms with van der Waals surface area (Å²) >= 11 is 0. The summed E-state index contributed by atoms with van der Waals surface area (Å²) in [4.78, 5) is 0.0820. The summed E-state index contributed by atoms with van der Waals surface area (Å²) in [7, 11) is -3.62. The van der Waals surface area contributed by atoms with Gasteiger partial charge in [-0.2, -0.15) is 0 Å². The normalized spacial score (nSPS) is 11.0. The molecule has 0 aliphatic carbocycles. The number of hydrogen-bond donors (Lipinski definition) is 1. The van der Waals surface area contributed by atoms with Crippen molar-refractivity contribution in [2.75, 3.05) is 6.61 Å². The molecule has 1 aromatic carbocycles. The minimum atomic E-state index is -3.62. The van der Waals surface area contributed by atoms with Crippen molar-refractivity contribution < 1.29 is 13.2 Å². The van der Waals surface area contributed by atoms with Gasteiger partial charge in [-0.3, -0.25) is 0 Å². The molecule has 82 valence electrons. The molecule has 0 bridgehead atoms. The van der Waals surface area contributed by atoms with Crippen LogP contribution >= 0.6 is 0 Å². The van der Waals surface area contributed by atoms with E-state index >= 15 is 0 Å². The molecule has 0 radical (unpaired) electrons. The van der Waals surface area contributed by atoms with Gasteiger partial charge in [-0.1, -0.05) is 6.08 Å². The Kier molecular flexibility index (Phi) is 3.88. The van der Waals surface area contributed by atoms with Crippen molar-refractivity contribution in [2.24, 2.45) is 5.14 Å². The van der Waals surface area contributed by atoms with Crippen molar-refractivity contribution in [2.45, 2.75) is 11.3 Å². The van der Waals surface area contributed by atoms with Gasteiger partial charge in [0, 0.05) is 0 Å². The van der Waals surface area contributed by atoms with Gasteiger partial charge in [0.05, 0.1) is 11.5 Å². The van der Waals surface area contributed by atoms with E-state index in [-0.39, 0.29) is 4.90 Å². The van der Waals surface area contributed by atoms with Crippen molar-refractivity contribution in [1.29, 1.82) is 0 Å². The highest BCUT2D eigenvalue weighted by Crippen LogP contribution is 2.14. The maximum atomic E-state index is 10.9. The van der Waals surface area contributed by atoms with Crippen LogP contribution < -0.4 is 9.88 Å². The van der Waals surface area contributed by atoms with E-state index in [1.165, 1.54) is 12.1 Å². The second kappa shape index (κ2) is 4.95. The number of ether oxygens (including phenoxy) is 1. The van der Waals surface area contributed by atoms with Gasteiger partial charge in [0.1, 0.15) is 5.75 Å². The second-order valence-electron chi connectivity index (χ2n) is 2.94. The van der Waals surface area contributed by atoms with Crippen molar-refractivity contribution in [3.05, 3.63) is 36.9 Å². The van der Waals surface area contributed by atoms with E-state index in [9.17, 15) is 8.42 Å². The molecule has 0 aliphatic rings. The van der Waals surface area contributed by atoms with Crippen LogP contribution in [0.5, 0.6) is 5.75 Å². The Morgan fingerprint density at radius 1 is 1.33 bits per heavy atom. The predicted molar refractivity (Wildman–Crippen MR) is 58.1 cm³/mol. The van der Waals surface area contributed by atoms with Gasteiger partial charge in [0.2, 0.25) is 10.0 Å². The van der Waals surface area contributed by atoms with Crippen LogP contribution in [0, 0.1) is 0 Å². The lowest BCUT2D eigenvalue weighted by atomic mass is 10.3. The van der Waals surface area contributed by atoms with E-state index in [4.69, 9.17) is 9.88 Å². The van der Waals surface area contributed by atoms with Crippen LogP contribution in [0.4, 0.5) is 0 Å². The fourth-order valence-corrected chi connectivity index (χ4v) is 1.50. The molecule has 4 nitrogen and oxygen atoms in total. The molecule has 0 saturated heterocycles. The van der Waals surface area contributed by atoms with Crippen molar-refractivity contribution in [1.82, 2.24) is 0 Å². The predicted octanol–water partition coefficient (Wildman–Crippen LogP) is 1.29. The number of rotatable bonds is 5. The fourth-order valence-electron chi connectivity index (χ4n) is 0.986. The van der Waals surface area contributed by atoms with Crippen LogP contribution in [-0.4, -0.2) is 15.0 Å². The molecule has 15 heavy (non-hydrogen) atoms. The molecule has 1 aromatic rings. The van der Waals surface area contributed by atoms with Gasteiger partial charge in [-0.05, 0) is 30.7 Å². The Morgan fingerprint density at radius 2 is 1.93 bits per heavy atom. The highest BCUT2D eigenvalue weighted by molar-refractivity contribution is 7.89. The fraction of sp³-hybridized carbons (Fsp3) is 0.200. The first-order valence-corrected chi connectivity index (χ1v) is 5.95. The Hall–Kier alpha value is -1.33. The molecule has 0 aromatic heterocycles. The van der Waals surface area contributed by atoms with Gasteiger partial charge in [-0.15, -0.1) is 6.58 Å². The molecular formula is C10H13NO3S. The molecule has 5 heteroatoms. The molecule has 0 aliphatic heterocycles. The van der Waals surface area contributed by atoms with Gasteiger partial charge < -0.3 is 4.74 Å². The smallest absolute Gasteiger partial charge is 0.238 e. The number of benzene rings is 1. The molecule has 1 rings (SSSR count). The van der Waals surface area contributed by atoms with E-state index in [0.29, 0.717) is 12.4 Å². The van der Waals surface area contributed by atoms with E-state index in [2.05, 4.69) is 6.58 Å². The summed E-state index contributed by atoms with van der Waals surface area (Å²) in [6.45, 7) is 4.09. The summed E-state index contributed by atoms with van der Waals surface area (Å²) in [6.07, 6.45) is 2.50. The van der Waals surface area contributed by atoms with E-state index in [1.807, 2.05) is 0 Å². The standard InChI is InChI=1S/C10H13NO3S/c1-2-3-8-14-9-4-6-10(7-5-9)15(11,12)13/h2,4-7H,1,3,8H2,(H2,11,12,13). The second-order valence-corrected chi connectivity index (χ2v) is 4.50. The van der Waals surface area contributed by atoms with E-state index in [0.717, 1.165) is 6.42 Å². The Labute approximate surface area is 89.4 Å². The summed E-state index contributed by atoms with van der Waals surface area (Å²) in [5.74, 6) is 0.615. The lowest BCUT2D eigenvalue weighted by molar-refractivity contribution is 0.325. The first kappa shape index (κ1) is 11.7. The van der Waals surface area contributed by atoms with Crippen molar-refractivity contribution in [3.8, 4) is 5.75 Å². The Morgan fingerprint density at radius 3 is 2.40 bits per heavy atom. The number of hydrogen-bond acceptors (Lipinski definition) is 3. The molecule has 0 saturated carbocycles. The van der Waals surface area contributed by atoms with Crippen LogP contribution in [-0.2, 0) is 10.0 Å². The van der Waals surface area contributed by atoms with Crippen LogP contribution in [0.1, 0.15) is 6.42 Å². The van der Waals surface area contributed by atoms with Crippen molar-refractivity contribution in [3.63, 3.8) is 0 Å². The van der Waals surface area contributed by atoms with Crippen LogP contribution in [0.2, 0.25) is 0 Å². The van der Waals surface area contributed by atoms with Gasteiger partial charge >= 0.3 is 0 Å². The molecule has 0 amide bonds. The zero-order valence-corrected chi connectivity index (χ0v) is 9.03. The maximum absolute atomic E-state index is 10.9. The summed E-state index contributed by atoms with van der Waals surface area (Å²) < 4.78 is 27.2. The van der Waals surface area contributed by atoms with Crippen LogP contribution in [0.25, 0.3) is 0 Å². The zero-order valence-electron chi connectivity index (χ0n) is 8.22. The molecule has 0 fully saturated rings. The largest absolute Gasteiger partial charge is 0.493 e. The third-order valence-corrected chi connectivity index (χ3v) is 2.67.